The third-order valence-electron chi connectivity index (χ3n) is 3.87. The number of piperidine rings is 1. The van der Waals surface area contributed by atoms with E-state index in [0.717, 1.165) is 17.7 Å². The number of carboxylic acids is 1. The summed E-state index contributed by atoms with van der Waals surface area (Å²) in [7, 11) is 0. The van der Waals surface area contributed by atoms with Gasteiger partial charge in [-0.2, -0.15) is 0 Å². The largest absolute Gasteiger partial charge is 1.00 e. The first-order valence-corrected chi connectivity index (χ1v) is 7.93. The fourth-order valence-corrected chi connectivity index (χ4v) is 4.10. The number of carbonyl (C=O) groups is 3. The maximum Gasteiger partial charge on any atom is 1.00 e. The Hall–Kier alpha value is -0.500. The van der Waals surface area contributed by atoms with Crippen molar-refractivity contribution >= 4 is 29.5 Å². The molecule has 0 aromatic carbocycles. The Morgan fingerprint density at radius 3 is 2.14 bits per heavy atom. The first-order valence-electron chi connectivity index (χ1n) is 7.05. The Morgan fingerprint density at radius 2 is 1.68 bits per heavy atom. The van der Waals surface area contributed by atoms with Crippen LogP contribution in [0, 0.1) is 0 Å². The Bertz CT molecular complexity index is 501. The van der Waals surface area contributed by atoms with Crippen LogP contribution in [0.1, 0.15) is 33.1 Å². The Morgan fingerprint density at radius 1 is 1.09 bits per heavy atom. The molecule has 22 heavy (non-hydrogen) atoms. The zero-order valence-corrected chi connectivity index (χ0v) is 16.1. The smallest absolute Gasteiger partial charge is 0.543 e. The molecule has 2 aliphatic heterocycles. The zero-order valence-electron chi connectivity index (χ0n) is 13.3. The number of likely N-dealkylation sites (tertiary alicyclic amines) is 1. The number of hydrogen-bond acceptors (Lipinski definition) is 5. The summed E-state index contributed by atoms with van der Waals surface area (Å²) in [6.07, 6.45) is 2.25. The van der Waals surface area contributed by atoms with Crippen LogP contribution in [0.5, 0.6) is 0 Å². The van der Waals surface area contributed by atoms with Crippen molar-refractivity contribution in [3.63, 3.8) is 0 Å². The van der Waals surface area contributed by atoms with Crippen LogP contribution in [0.25, 0.3) is 0 Å². The number of amides is 2. The van der Waals surface area contributed by atoms with Gasteiger partial charge < -0.3 is 19.7 Å². The van der Waals surface area contributed by atoms with E-state index in [0.29, 0.717) is 26.1 Å². The Labute approximate surface area is 156 Å². The molecule has 0 aliphatic carbocycles. The van der Waals surface area contributed by atoms with Crippen molar-refractivity contribution in [1.29, 1.82) is 0 Å². The van der Waals surface area contributed by atoms with Crippen LogP contribution in [0.3, 0.4) is 0 Å². The topological polar surface area (TPSA) is 80.8 Å². The normalized spacial score (nSPS) is 19.2. The van der Waals surface area contributed by atoms with Crippen LogP contribution in [-0.4, -0.2) is 52.5 Å². The second kappa shape index (κ2) is 8.38. The summed E-state index contributed by atoms with van der Waals surface area (Å²) in [5.41, 5.74) is 0.0292. The van der Waals surface area contributed by atoms with Crippen LogP contribution in [-0.2, 0) is 14.4 Å². The molecule has 2 aliphatic rings. The quantitative estimate of drug-likeness (QED) is 0.512. The van der Waals surface area contributed by atoms with Gasteiger partial charge in [0.15, 0.2) is 0 Å². The first kappa shape index (κ1) is 19.5. The van der Waals surface area contributed by atoms with E-state index in [9.17, 15) is 19.5 Å². The summed E-state index contributed by atoms with van der Waals surface area (Å²) in [6, 6.07) is 0. The fraction of sp³-hybridized carbons (Fsp3) is 0.643. The van der Waals surface area contributed by atoms with Crippen LogP contribution in [0.15, 0.2) is 10.6 Å². The van der Waals surface area contributed by atoms with Crippen LogP contribution in [0.4, 0.5) is 0 Å². The molecular weight excluding hydrogens is 315 g/mol. The van der Waals surface area contributed by atoms with Gasteiger partial charge in [-0.1, -0.05) is 0 Å². The van der Waals surface area contributed by atoms with Gasteiger partial charge >= 0.3 is 29.6 Å². The monoisotopic (exact) mass is 334 g/mol. The molecule has 0 radical (unpaired) electrons. The van der Waals surface area contributed by atoms with Crippen LogP contribution in [0.2, 0.25) is 0 Å². The minimum Gasteiger partial charge on any atom is -0.543 e. The van der Waals surface area contributed by atoms with E-state index >= 15 is 0 Å². The van der Waals surface area contributed by atoms with Gasteiger partial charge in [0.1, 0.15) is 0 Å². The zero-order chi connectivity index (χ0) is 15.6. The Kier molecular flexibility index (Phi) is 7.45. The molecule has 0 bridgehead atoms. The van der Waals surface area contributed by atoms with Crippen molar-refractivity contribution in [2.24, 2.45) is 0 Å². The van der Waals surface area contributed by atoms with Crippen LogP contribution < -0.4 is 34.7 Å². The molecule has 0 N–H and O–H groups in total. The Balaban J connectivity index is 0.00000242. The molecule has 1 fully saturated rings. The third kappa shape index (κ3) is 4.50. The molecule has 0 saturated carbocycles. The minimum absolute atomic E-state index is 0. The second-order valence-corrected chi connectivity index (χ2v) is 6.70. The number of thioether (sulfide) groups is 1. The van der Waals surface area contributed by atoms with E-state index in [-0.39, 0.29) is 52.3 Å². The summed E-state index contributed by atoms with van der Waals surface area (Å²) in [4.78, 5) is 37.8. The summed E-state index contributed by atoms with van der Waals surface area (Å²) in [6.45, 7) is 4.75. The fourth-order valence-electron chi connectivity index (χ4n) is 2.74. The van der Waals surface area contributed by atoms with Crippen molar-refractivity contribution in [2.45, 2.75) is 38.4 Å². The van der Waals surface area contributed by atoms with E-state index < -0.39 is 5.97 Å². The molecule has 2 heterocycles. The van der Waals surface area contributed by atoms with Crippen molar-refractivity contribution in [3.8, 4) is 0 Å². The molecule has 116 valence electrons. The molecule has 2 amide bonds. The predicted octanol–water partition coefficient (Wildman–Crippen LogP) is -3.05. The SMILES string of the molecule is CC(=O)N1CCC(SC2=C(C(=O)[O-])N(C(C)=O)CC2)CC1.[Na+]. The maximum atomic E-state index is 11.5. The van der Waals surface area contributed by atoms with Gasteiger partial charge in [0.05, 0.1) is 11.7 Å². The summed E-state index contributed by atoms with van der Waals surface area (Å²) < 4.78 is 0. The van der Waals surface area contributed by atoms with Crippen molar-refractivity contribution < 1.29 is 49.0 Å². The van der Waals surface area contributed by atoms with Crippen LogP contribution >= 0.6 is 11.8 Å². The molecular formula is C14H19N2NaO4S. The molecule has 0 atom stereocenters. The number of rotatable bonds is 3. The number of carbonyl (C=O) groups excluding carboxylic acids is 3. The number of nitrogens with zero attached hydrogens (tertiary/aromatic N) is 2. The molecule has 1 saturated heterocycles. The summed E-state index contributed by atoms with van der Waals surface area (Å²) >= 11 is 1.53. The van der Waals surface area contributed by atoms with Crippen molar-refractivity contribution in [3.05, 3.63) is 10.6 Å². The molecule has 0 aromatic rings. The summed E-state index contributed by atoms with van der Waals surface area (Å²) in [5.74, 6) is -1.47. The second-order valence-electron chi connectivity index (χ2n) is 5.30. The number of hydrogen-bond donors (Lipinski definition) is 0. The third-order valence-corrected chi connectivity index (χ3v) is 5.35. The number of aliphatic carboxylic acids is 1. The van der Waals surface area contributed by atoms with Gasteiger partial charge in [0, 0.05) is 43.6 Å². The average molecular weight is 334 g/mol. The van der Waals surface area contributed by atoms with Crippen molar-refractivity contribution in [2.75, 3.05) is 19.6 Å². The van der Waals surface area contributed by atoms with E-state index in [1.54, 1.807) is 6.92 Å². The van der Waals surface area contributed by atoms with Gasteiger partial charge in [-0.05, 0) is 19.3 Å². The summed E-state index contributed by atoms with van der Waals surface area (Å²) in [5, 5.41) is 11.6. The molecule has 0 unspecified atom stereocenters. The predicted molar refractivity (Wildman–Crippen MR) is 76.9 cm³/mol. The molecule has 2 rings (SSSR count). The van der Waals surface area contributed by atoms with E-state index in [1.807, 2.05) is 4.90 Å². The van der Waals surface area contributed by atoms with E-state index in [2.05, 4.69) is 0 Å². The van der Waals surface area contributed by atoms with E-state index in [4.69, 9.17) is 0 Å². The van der Waals surface area contributed by atoms with Gasteiger partial charge in [-0.25, -0.2) is 0 Å². The van der Waals surface area contributed by atoms with Crippen molar-refractivity contribution in [1.82, 2.24) is 9.80 Å². The van der Waals surface area contributed by atoms with Gasteiger partial charge in [0.2, 0.25) is 11.8 Å². The standard InChI is InChI=1S/C14H20N2O4S.Na/c1-9(17)15-6-3-11(4-7-15)21-12-5-8-16(10(2)18)13(12)14(19)20;/h11H,3-8H2,1-2H3,(H,19,20);/q;+1/p-1. The molecule has 6 nitrogen and oxygen atoms in total. The van der Waals surface area contributed by atoms with E-state index in [1.165, 1.54) is 23.6 Å². The van der Waals surface area contributed by atoms with Gasteiger partial charge in [-0.3, -0.25) is 9.59 Å². The minimum atomic E-state index is -1.29. The average Bonchev–Trinajstić information content (AvgIpc) is 2.83. The first-order chi connectivity index (χ1) is 9.90. The maximum absolute atomic E-state index is 11.5. The molecule has 8 heteroatoms. The van der Waals surface area contributed by atoms with Gasteiger partial charge in [0.25, 0.3) is 0 Å². The molecule has 0 spiro atoms. The van der Waals surface area contributed by atoms with Gasteiger partial charge in [-0.15, -0.1) is 11.8 Å². The molecule has 0 aromatic heterocycles. The number of carboxylic acid groups (broad SMARTS) is 1.